The summed E-state index contributed by atoms with van der Waals surface area (Å²) in [4.78, 5) is 0. The molecule has 0 saturated carbocycles. The smallest absolute Gasteiger partial charge is 0.00441 e. The predicted octanol–water partition coefficient (Wildman–Crippen LogP) is 2.91. The molecule has 0 fully saturated rings. The van der Waals surface area contributed by atoms with Gasteiger partial charge in [0.2, 0.25) is 0 Å². The van der Waals surface area contributed by atoms with Gasteiger partial charge in [-0.3, -0.25) is 0 Å². The van der Waals surface area contributed by atoms with Crippen molar-refractivity contribution in [2.45, 2.75) is 44.3 Å². The molecule has 1 unspecified atom stereocenters. The van der Waals surface area contributed by atoms with E-state index in [0.717, 1.165) is 5.25 Å². The Labute approximate surface area is 81.7 Å². The van der Waals surface area contributed by atoms with E-state index >= 15 is 0 Å². The Morgan fingerprint density at radius 3 is 2.50 bits per heavy atom. The third-order valence-electron chi connectivity index (χ3n) is 2.15. The second kappa shape index (κ2) is 9.40. The first-order chi connectivity index (χ1) is 5.85. The zero-order valence-corrected chi connectivity index (χ0v) is 9.54. The Morgan fingerprint density at radius 2 is 2.00 bits per heavy atom. The van der Waals surface area contributed by atoms with Gasteiger partial charge in [-0.15, -0.1) is 0 Å². The topological polar surface area (TPSA) is 12.0 Å². The normalized spacial score (nSPS) is 13.2. The van der Waals surface area contributed by atoms with E-state index in [1.165, 1.54) is 38.6 Å². The Hall–Kier alpha value is 0.310. The Bertz CT molecular complexity index is 85.9. The fourth-order valence-electron chi connectivity index (χ4n) is 1.38. The highest BCUT2D eigenvalue weighted by atomic mass is 32.2. The summed E-state index contributed by atoms with van der Waals surface area (Å²) in [5.41, 5.74) is 0. The van der Waals surface area contributed by atoms with Gasteiger partial charge in [-0.2, -0.15) is 11.8 Å². The number of nitrogens with one attached hydrogen (secondary N) is 1. The Morgan fingerprint density at radius 1 is 1.25 bits per heavy atom. The first-order valence-electron chi connectivity index (χ1n) is 5.02. The fraction of sp³-hybridized carbons (Fsp3) is 1.00. The zero-order valence-electron chi connectivity index (χ0n) is 8.73. The molecule has 1 nitrogen and oxygen atoms in total. The molecule has 0 aliphatic carbocycles. The van der Waals surface area contributed by atoms with E-state index in [-0.39, 0.29) is 0 Å². The van der Waals surface area contributed by atoms with Crippen LogP contribution in [0.3, 0.4) is 0 Å². The lowest BCUT2D eigenvalue weighted by molar-refractivity contribution is 0.603. The first kappa shape index (κ1) is 12.3. The van der Waals surface area contributed by atoms with Crippen LogP contribution in [0.25, 0.3) is 0 Å². The third-order valence-corrected chi connectivity index (χ3v) is 3.28. The minimum atomic E-state index is 0.909. The van der Waals surface area contributed by atoms with Gasteiger partial charge in [0.05, 0.1) is 0 Å². The van der Waals surface area contributed by atoms with E-state index in [0.29, 0.717) is 0 Å². The van der Waals surface area contributed by atoms with Gasteiger partial charge in [0, 0.05) is 5.25 Å². The number of unbranched alkanes of at least 4 members (excludes halogenated alkanes) is 1. The molecule has 0 amide bonds. The van der Waals surface area contributed by atoms with Crippen LogP contribution in [-0.2, 0) is 0 Å². The van der Waals surface area contributed by atoms with E-state index < -0.39 is 0 Å². The summed E-state index contributed by atoms with van der Waals surface area (Å²) >= 11 is 2.03. The van der Waals surface area contributed by atoms with Crippen molar-refractivity contribution < 1.29 is 0 Å². The van der Waals surface area contributed by atoms with Crippen molar-refractivity contribution in [3.05, 3.63) is 0 Å². The summed E-state index contributed by atoms with van der Waals surface area (Å²) < 4.78 is 0. The predicted molar refractivity (Wildman–Crippen MR) is 60.0 cm³/mol. The standard InChI is InChI=1S/C10H23NS/c1-4-7-10(12-3)8-5-6-9-11-2/h10-11H,4-9H2,1-3H3. The molecule has 0 bridgehead atoms. The van der Waals surface area contributed by atoms with Crippen molar-refractivity contribution in [1.29, 1.82) is 0 Å². The lowest BCUT2D eigenvalue weighted by atomic mass is 10.1. The van der Waals surface area contributed by atoms with Gasteiger partial charge in [0.15, 0.2) is 0 Å². The molecule has 0 aromatic carbocycles. The van der Waals surface area contributed by atoms with Gasteiger partial charge in [-0.25, -0.2) is 0 Å². The summed E-state index contributed by atoms with van der Waals surface area (Å²) in [7, 11) is 2.03. The van der Waals surface area contributed by atoms with Crippen LogP contribution in [-0.4, -0.2) is 25.1 Å². The maximum Gasteiger partial charge on any atom is 0.00441 e. The summed E-state index contributed by atoms with van der Waals surface area (Å²) in [6.45, 7) is 3.45. The van der Waals surface area contributed by atoms with E-state index in [4.69, 9.17) is 0 Å². The highest BCUT2D eigenvalue weighted by molar-refractivity contribution is 7.99. The summed E-state index contributed by atoms with van der Waals surface area (Å²) in [5.74, 6) is 0. The Balaban J connectivity index is 3.19. The molecule has 1 N–H and O–H groups in total. The average molecular weight is 189 g/mol. The van der Waals surface area contributed by atoms with Crippen molar-refractivity contribution in [3.8, 4) is 0 Å². The molecule has 74 valence electrons. The monoisotopic (exact) mass is 189 g/mol. The van der Waals surface area contributed by atoms with Gasteiger partial charge in [-0.1, -0.05) is 19.8 Å². The molecule has 0 aliphatic heterocycles. The SMILES string of the molecule is CCCC(CCCCNC)SC. The molecular weight excluding hydrogens is 166 g/mol. The van der Waals surface area contributed by atoms with Crippen molar-refractivity contribution in [3.63, 3.8) is 0 Å². The van der Waals surface area contributed by atoms with Gasteiger partial charge in [0.25, 0.3) is 0 Å². The number of rotatable bonds is 8. The number of hydrogen-bond donors (Lipinski definition) is 1. The van der Waals surface area contributed by atoms with Crippen molar-refractivity contribution in [2.24, 2.45) is 0 Å². The molecule has 0 aromatic rings. The van der Waals surface area contributed by atoms with Crippen LogP contribution in [0.1, 0.15) is 39.0 Å². The Kier molecular flexibility index (Phi) is 9.64. The lowest BCUT2D eigenvalue weighted by Crippen LogP contribution is -2.09. The van der Waals surface area contributed by atoms with Crippen LogP contribution in [0.2, 0.25) is 0 Å². The van der Waals surface area contributed by atoms with Gasteiger partial charge in [-0.05, 0) is 39.1 Å². The molecule has 0 heterocycles. The lowest BCUT2D eigenvalue weighted by Gasteiger charge is -2.12. The molecule has 12 heavy (non-hydrogen) atoms. The quantitative estimate of drug-likeness (QED) is 0.589. The van der Waals surface area contributed by atoms with E-state index in [1.54, 1.807) is 0 Å². The van der Waals surface area contributed by atoms with E-state index in [9.17, 15) is 0 Å². The molecular formula is C10H23NS. The van der Waals surface area contributed by atoms with Gasteiger partial charge >= 0.3 is 0 Å². The van der Waals surface area contributed by atoms with Crippen molar-refractivity contribution in [1.82, 2.24) is 5.32 Å². The second-order valence-corrected chi connectivity index (χ2v) is 4.38. The molecule has 1 atom stereocenters. The molecule has 0 aromatic heterocycles. The molecule has 0 aliphatic rings. The minimum absolute atomic E-state index is 0.909. The van der Waals surface area contributed by atoms with Crippen LogP contribution >= 0.6 is 11.8 Å². The van der Waals surface area contributed by atoms with Gasteiger partial charge < -0.3 is 5.32 Å². The van der Waals surface area contributed by atoms with Crippen molar-refractivity contribution >= 4 is 11.8 Å². The summed E-state index contributed by atoms with van der Waals surface area (Å²) in [6.07, 6.45) is 9.07. The first-order valence-corrected chi connectivity index (χ1v) is 6.31. The molecule has 0 saturated heterocycles. The highest BCUT2D eigenvalue weighted by Gasteiger charge is 2.03. The number of thioether (sulfide) groups is 1. The molecule has 0 radical (unpaired) electrons. The number of hydrogen-bond acceptors (Lipinski definition) is 2. The summed E-state index contributed by atoms with van der Waals surface area (Å²) in [6, 6.07) is 0. The molecule has 2 heteroatoms. The summed E-state index contributed by atoms with van der Waals surface area (Å²) in [5, 5.41) is 4.09. The largest absolute Gasteiger partial charge is 0.320 e. The minimum Gasteiger partial charge on any atom is -0.320 e. The molecule has 0 rings (SSSR count). The maximum atomic E-state index is 3.18. The molecule has 0 spiro atoms. The average Bonchev–Trinajstić information content (AvgIpc) is 2.10. The van der Waals surface area contributed by atoms with Crippen molar-refractivity contribution in [2.75, 3.05) is 19.8 Å². The fourth-order valence-corrected chi connectivity index (χ4v) is 2.25. The zero-order chi connectivity index (χ0) is 9.23. The van der Waals surface area contributed by atoms with Crippen LogP contribution in [0.5, 0.6) is 0 Å². The van der Waals surface area contributed by atoms with E-state index in [2.05, 4.69) is 18.5 Å². The highest BCUT2D eigenvalue weighted by Crippen LogP contribution is 2.18. The van der Waals surface area contributed by atoms with Crippen LogP contribution in [0, 0.1) is 0 Å². The van der Waals surface area contributed by atoms with Crippen LogP contribution in [0.15, 0.2) is 0 Å². The second-order valence-electron chi connectivity index (χ2n) is 3.25. The van der Waals surface area contributed by atoms with Crippen LogP contribution < -0.4 is 5.32 Å². The van der Waals surface area contributed by atoms with Gasteiger partial charge in [0.1, 0.15) is 0 Å². The van der Waals surface area contributed by atoms with E-state index in [1.807, 2.05) is 18.8 Å². The maximum absolute atomic E-state index is 3.18. The van der Waals surface area contributed by atoms with Crippen LogP contribution in [0.4, 0.5) is 0 Å². The third kappa shape index (κ3) is 6.99.